The highest BCUT2D eigenvalue weighted by molar-refractivity contribution is 5.89. The third-order valence-electron chi connectivity index (χ3n) is 6.20. The zero-order valence-electron chi connectivity index (χ0n) is 19.6. The van der Waals surface area contributed by atoms with Crippen molar-refractivity contribution < 1.29 is 14.3 Å². The van der Waals surface area contributed by atoms with E-state index < -0.39 is 0 Å². The van der Waals surface area contributed by atoms with Crippen molar-refractivity contribution in [1.82, 2.24) is 20.2 Å². The van der Waals surface area contributed by atoms with Gasteiger partial charge in [-0.05, 0) is 44.0 Å². The zero-order chi connectivity index (χ0) is 23.4. The van der Waals surface area contributed by atoms with Crippen LogP contribution in [-0.2, 0) is 22.5 Å². The number of nitrogens with one attached hydrogen (secondary N) is 2. The van der Waals surface area contributed by atoms with Gasteiger partial charge in [0.25, 0.3) is 0 Å². The molecule has 0 radical (unpaired) electrons. The van der Waals surface area contributed by atoms with Crippen LogP contribution in [0.25, 0.3) is 11.4 Å². The lowest BCUT2D eigenvalue weighted by Gasteiger charge is -2.39. The Balaban J connectivity index is 1.70. The van der Waals surface area contributed by atoms with Gasteiger partial charge in [0.1, 0.15) is 5.82 Å². The largest absolute Gasteiger partial charge is 0.377 e. The quantitative estimate of drug-likeness (QED) is 0.724. The summed E-state index contributed by atoms with van der Waals surface area (Å²) in [7, 11) is 0. The van der Waals surface area contributed by atoms with Gasteiger partial charge < -0.3 is 25.2 Å². The first-order chi connectivity index (χ1) is 16.0. The summed E-state index contributed by atoms with van der Waals surface area (Å²) < 4.78 is 5.72. The molecule has 0 bridgehead atoms. The molecule has 2 N–H and O–H groups in total. The smallest absolute Gasteiger partial charge is 0.319 e. The Morgan fingerprint density at radius 1 is 1.15 bits per heavy atom. The maximum Gasteiger partial charge on any atom is 0.319 e. The van der Waals surface area contributed by atoms with Gasteiger partial charge in [-0.15, -0.1) is 0 Å². The Morgan fingerprint density at radius 3 is 2.64 bits per heavy atom. The average molecular weight is 453 g/mol. The van der Waals surface area contributed by atoms with E-state index in [9.17, 15) is 9.59 Å². The van der Waals surface area contributed by atoms with E-state index >= 15 is 0 Å². The maximum absolute atomic E-state index is 12.0. The van der Waals surface area contributed by atoms with Gasteiger partial charge in [0.05, 0.1) is 31.5 Å². The molecular formula is C24H32N6O3. The lowest BCUT2D eigenvalue weighted by molar-refractivity contribution is -0.129. The molecule has 1 aromatic heterocycles. The fourth-order valence-corrected chi connectivity index (χ4v) is 4.36. The van der Waals surface area contributed by atoms with Crippen LogP contribution in [0.3, 0.4) is 0 Å². The molecule has 1 fully saturated rings. The van der Waals surface area contributed by atoms with Crippen molar-refractivity contribution in [2.75, 3.05) is 43.1 Å². The average Bonchev–Trinajstić information content (AvgIpc) is 2.83. The van der Waals surface area contributed by atoms with Gasteiger partial charge in [-0.1, -0.05) is 6.92 Å². The van der Waals surface area contributed by atoms with E-state index in [2.05, 4.69) is 22.5 Å². The zero-order valence-corrected chi connectivity index (χ0v) is 19.6. The molecule has 2 aliphatic heterocycles. The Bertz CT molecular complexity index is 1010. The van der Waals surface area contributed by atoms with Gasteiger partial charge >= 0.3 is 6.03 Å². The van der Waals surface area contributed by atoms with E-state index in [1.165, 1.54) is 0 Å². The molecule has 2 aliphatic rings. The number of hydrogen-bond donors (Lipinski definition) is 2. The minimum absolute atomic E-state index is 0.0564. The van der Waals surface area contributed by atoms with E-state index in [0.717, 1.165) is 42.0 Å². The summed E-state index contributed by atoms with van der Waals surface area (Å²) in [5.74, 6) is 1.64. The van der Waals surface area contributed by atoms with Gasteiger partial charge in [0, 0.05) is 43.4 Å². The van der Waals surface area contributed by atoms with Gasteiger partial charge in [-0.2, -0.15) is 0 Å². The number of rotatable bonds is 5. The predicted molar refractivity (Wildman–Crippen MR) is 127 cm³/mol. The van der Waals surface area contributed by atoms with Gasteiger partial charge in [-0.25, -0.2) is 14.8 Å². The van der Waals surface area contributed by atoms with Crippen LogP contribution in [-0.4, -0.2) is 65.7 Å². The van der Waals surface area contributed by atoms with Crippen LogP contribution in [0.5, 0.6) is 0 Å². The van der Waals surface area contributed by atoms with E-state index in [-0.39, 0.29) is 18.0 Å². The van der Waals surface area contributed by atoms with E-state index in [1.807, 2.05) is 36.1 Å². The Morgan fingerprint density at radius 2 is 1.94 bits per heavy atom. The number of hydrogen-bond acceptors (Lipinski definition) is 6. The molecule has 1 unspecified atom stereocenters. The van der Waals surface area contributed by atoms with Crippen molar-refractivity contribution >= 4 is 23.4 Å². The highest BCUT2D eigenvalue weighted by Crippen LogP contribution is 2.32. The van der Waals surface area contributed by atoms with Gasteiger partial charge in [0.2, 0.25) is 5.91 Å². The minimum atomic E-state index is -0.236. The molecule has 9 nitrogen and oxygen atoms in total. The van der Waals surface area contributed by atoms with Crippen LogP contribution in [0.4, 0.5) is 16.3 Å². The molecule has 1 atom stereocenters. The van der Waals surface area contributed by atoms with Crippen LogP contribution in [0, 0.1) is 0 Å². The Hall–Kier alpha value is -3.20. The molecule has 33 heavy (non-hydrogen) atoms. The van der Waals surface area contributed by atoms with E-state index in [4.69, 9.17) is 14.7 Å². The van der Waals surface area contributed by atoms with Crippen LogP contribution < -0.4 is 15.5 Å². The third kappa shape index (κ3) is 5.08. The molecule has 3 heterocycles. The summed E-state index contributed by atoms with van der Waals surface area (Å²) in [6.07, 6.45) is 1.71. The molecule has 2 aromatic rings. The number of carbonyl (C=O) groups is 2. The first kappa shape index (κ1) is 23.0. The molecule has 0 aliphatic carbocycles. The molecular weight excluding hydrogens is 420 g/mol. The summed E-state index contributed by atoms with van der Waals surface area (Å²) in [4.78, 5) is 37.9. The topological polar surface area (TPSA) is 99.7 Å². The number of anilines is 2. The predicted octanol–water partition coefficient (Wildman–Crippen LogP) is 2.80. The molecule has 1 saturated heterocycles. The maximum atomic E-state index is 12.0. The third-order valence-corrected chi connectivity index (χ3v) is 6.20. The summed E-state index contributed by atoms with van der Waals surface area (Å²) >= 11 is 0. The first-order valence-corrected chi connectivity index (χ1v) is 11.6. The number of amides is 3. The molecule has 3 amide bonds. The number of nitrogens with zero attached hydrogens (tertiary/aromatic N) is 4. The summed E-state index contributed by atoms with van der Waals surface area (Å²) in [6.45, 7) is 9.51. The SMILES string of the molecule is CCNC(=O)Nc1ccc(-c2nc3c(c(N4CCOCC4CC)n2)CCN(C(C)=O)C3)cc1. The molecule has 0 spiro atoms. The van der Waals surface area contributed by atoms with Crippen molar-refractivity contribution in [2.24, 2.45) is 0 Å². The van der Waals surface area contributed by atoms with Crippen molar-refractivity contribution in [3.8, 4) is 11.4 Å². The van der Waals surface area contributed by atoms with Crippen molar-refractivity contribution in [1.29, 1.82) is 0 Å². The Kier molecular flexibility index (Phi) is 7.08. The lowest BCUT2D eigenvalue weighted by Crippen LogP contribution is -2.47. The second kappa shape index (κ2) is 10.2. The molecule has 4 rings (SSSR count). The lowest BCUT2D eigenvalue weighted by atomic mass is 10.0. The number of morpholine rings is 1. The number of benzene rings is 1. The van der Waals surface area contributed by atoms with Gasteiger partial charge in [-0.3, -0.25) is 4.79 Å². The number of fused-ring (bicyclic) bond motifs is 1. The van der Waals surface area contributed by atoms with Crippen LogP contribution >= 0.6 is 0 Å². The molecule has 9 heteroatoms. The van der Waals surface area contributed by atoms with E-state index in [1.54, 1.807) is 6.92 Å². The van der Waals surface area contributed by atoms with Crippen molar-refractivity contribution in [3.63, 3.8) is 0 Å². The standard InChI is InChI=1S/C24H32N6O3/c1-4-19-15-33-13-12-30(19)23-20-10-11-29(16(3)31)14-21(20)27-22(28-23)17-6-8-18(9-7-17)26-24(32)25-5-2/h6-9,19H,4-5,10-15H2,1-3H3,(H2,25,26,32). The number of ether oxygens (including phenoxy) is 1. The monoisotopic (exact) mass is 452 g/mol. The first-order valence-electron chi connectivity index (χ1n) is 11.6. The highest BCUT2D eigenvalue weighted by atomic mass is 16.5. The van der Waals surface area contributed by atoms with Crippen LogP contribution in [0.15, 0.2) is 24.3 Å². The number of aromatic nitrogens is 2. The van der Waals surface area contributed by atoms with Gasteiger partial charge in [0.15, 0.2) is 5.82 Å². The Labute approximate surface area is 194 Å². The minimum Gasteiger partial charge on any atom is -0.377 e. The van der Waals surface area contributed by atoms with Crippen LogP contribution in [0.2, 0.25) is 0 Å². The van der Waals surface area contributed by atoms with E-state index in [0.29, 0.717) is 44.4 Å². The highest BCUT2D eigenvalue weighted by Gasteiger charge is 2.30. The second-order valence-corrected chi connectivity index (χ2v) is 8.38. The summed E-state index contributed by atoms with van der Waals surface area (Å²) in [5.41, 5.74) is 3.60. The number of carbonyl (C=O) groups excluding carboxylic acids is 2. The number of urea groups is 1. The molecule has 176 valence electrons. The summed E-state index contributed by atoms with van der Waals surface area (Å²) in [6, 6.07) is 7.54. The van der Waals surface area contributed by atoms with Crippen LogP contribution in [0.1, 0.15) is 38.4 Å². The fraction of sp³-hybridized carbons (Fsp3) is 0.500. The van der Waals surface area contributed by atoms with Crippen molar-refractivity contribution in [2.45, 2.75) is 46.2 Å². The van der Waals surface area contributed by atoms with Crippen molar-refractivity contribution in [3.05, 3.63) is 35.5 Å². The molecule has 1 aromatic carbocycles. The second-order valence-electron chi connectivity index (χ2n) is 8.38. The summed E-state index contributed by atoms with van der Waals surface area (Å²) in [5, 5.41) is 5.53. The fourth-order valence-electron chi connectivity index (χ4n) is 4.36. The molecule has 0 saturated carbocycles. The normalized spacial score (nSPS) is 18.0.